The Morgan fingerprint density at radius 2 is 1.90 bits per heavy atom. The highest BCUT2D eigenvalue weighted by Gasteiger charge is 2.29. The zero-order valence-electron chi connectivity index (χ0n) is 11.0. The number of hydrogen-bond acceptors (Lipinski definition) is 2. The van der Waals surface area contributed by atoms with Gasteiger partial charge in [0, 0.05) is 6.54 Å². The van der Waals surface area contributed by atoms with E-state index in [0.29, 0.717) is 11.3 Å². The molecule has 20 heavy (non-hydrogen) atoms. The van der Waals surface area contributed by atoms with Gasteiger partial charge in [-0.3, -0.25) is 4.68 Å². The monoisotopic (exact) mass is 284 g/mol. The predicted molar refractivity (Wildman–Crippen MR) is 68.3 cm³/mol. The number of nitrogens with zero attached hydrogens (tertiary/aromatic N) is 2. The van der Waals surface area contributed by atoms with Gasteiger partial charge in [-0.25, -0.2) is 0 Å². The van der Waals surface area contributed by atoms with Gasteiger partial charge in [-0.05, 0) is 24.1 Å². The molecule has 0 unspecified atom stereocenters. The Hall–Kier alpha value is -1.98. The summed E-state index contributed by atoms with van der Waals surface area (Å²) in [6.07, 6.45) is 0.0357. The highest BCUT2D eigenvalue weighted by molar-refractivity contribution is 5.24. The van der Waals surface area contributed by atoms with Gasteiger partial charge < -0.3 is 4.74 Å². The number of rotatable bonds is 5. The van der Waals surface area contributed by atoms with Crippen LogP contribution in [0.2, 0.25) is 0 Å². The molecule has 108 valence electrons. The van der Waals surface area contributed by atoms with Crippen LogP contribution in [0.1, 0.15) is 24.5 Å². The van der Waals surface area contributed by atoms with Crippen LogP contribution in [0, 0.1) is 0 Å². The van der Waals surface area contributed by atoms with Gasteiger partial charge in [-0.15, -0.1) is 0 Å². The third-order valence-corrected chi connectivity index (χ3v) is 2.75. The predicted octanol–water partition coefficient (Wildman–Crippen LogP) is 3.89. The minimum atomic E-state index is -4.30. The smallest absolute Gasteiger partial charge is 0.416 e. The summed E-state index contributed by atoms with van der Waals surface area (Å²) < 4.78 is 44.5. The van der Waals surface area contributed by atoms with E-state index in [-0.39, 0.29) is 6.61 Å². The Morgan fingerprint density at radius 1 is 1.20 bits per heavy atom. The topological polar surface area (TPSA) is 27.1 Å². The molecule has 0 aliphatic carbocycles. The largest absolute Gasteiger partial charge is 0.486 e. The van der Waals surface area contributed by atoms with Crippen molar-refractivity contribution in [1.29, 1.82) is 0 Å². The van der Waals surface area contributed by atoms with Crippen LogP contribution in [-0.2, 0) is 19.3 Å². The molecule has 1 heterocycles. The second-order valence-electron chi connectivity index (χ2n) is 4.42. The molecule has 0 bridgehead atoms. The van der Waals surface area contributed by atoms with Gasteiger partial charge in [0.15, 0.2) is 5.75 Å². The average molecular weight is 284 g/mol. The summed E-state index contributed by atoms with van der Waals surface area (Å²) in [5.41, 5.74) is 0.0262. The highest BCUT2D eigenvalue weighted by Crippen LogP contribution is 2.29. The van der Waals surface area contributed by atoms with Crippen LogP contribution in [0.5, 0.6) is 5.75 Å². The van der Waals surface area contributed by atoms with Crippen LogP contribution in [0.4, 0.5) is 13.2 Å². The fraction of sp³-hybridized carbons (Fsp3) is 0.357. The summed E-state index contributed by atoms with van der Waals surface area (Å²) in [5, 5.41) is 4.11. The lowest BCUT2D eigenvalue weighted by Gasteiger charge is -2.08. The molecule has 0 aliphatic rings. The summed E-state index contributed by atoms with van der Waals surface area (Å²) in [4.78, 5) is 0. The van der Waals surface area contributed by atoms with E-state index >= 15 is 0 Å². The van der Waals surface area contributed by atoms with Crippen LogP contribution >= 0.6 is 0 Å². The number of aryl methyl sites for hydroxylation is 1. The first-order valence-electron chi connectivity index (χ1n) is 6.30. The summed E-state index contributed by atoms with van der Waals surface area (Å²) in [6, 6.07) is 4.94. The Labute approximate surface area is 115 Å². The third-order valence-electron chi connectivity index (χ3n) is 2.75. The molecule has 0 spiro atoms. The molecule has 0 N–H and O–H groups in total. The van der Waals surface area contributed by atoms with Crippen molar-refractivity contribution in [1.82, 2.24) is 9.78 Å². The average Bonchev–Trinajstić information content (AvgIpc) is 2.84. The van der Waals surface area contributed by atoms with E-state index in [9.17, 15) is 13.2 Å². The molecule has 1 aromatic carbocycles. The number of alkyl halides is 3. The first-order valence-corrected chi connectivity index (χ1v) is 6.30. The van der Waals surface area contributed by atoms with Gasteiger partial charge in [-0.1, -0.05) is 19.1 Å². The van der Waals surface area contributed by atoms with E-state index in [4.69, 9.17) is 4.74 Å². The number of hydrogen-bond donors (Lipinski definition) is 0. The van der Waals surface area contributed by atoms with Crippen molar-refractivity contribution in [3.63, 3.8) is 0 Å². The molecule has 0 aliphatic heterocycles. The maximum Gasteiger partial charge on any atom is 0.416 e. The molecule has 2 aromatic rings. The van der Waals surface area contributed by atoms with Crippen molar-refractivity contribution in [2.24, 2.45) is 0 Å². The fourth-order valence-corrected chi connectivity index (χ4v) is 1.73. The number of ether oxygens (including phenoxy) is 1. The van der Waals surface area contributed by atoms with Crippen molar-refractivity contribution in [3.8, 4) is 5.75 Å². The quantitative estimate of drug-likeness (QED) is 0.833. The van der Waals surface area contributed by atoms with E-state index in [1.54, 1.807) is 17.1 Å². The molecule has 2 rings (SSSR count). The molecule has 1 aromatic heterocycles. The van der Waals surface area contributed by atoms with Crippen LogP contribution in [0.25, 0.3) is 0 Å². The number of aromatic nitrogens is 2. The molecule has 0 fully saturated rings. The Balaban J connectivity index is 1.93. The molecular weight excluding hydrogens is 269 g/mol. The minimum absolute atomic E-state index is 0.218. The lowest BCUT2D eigenvalue weighted by atomic mass is 10.1. The molecule has 0 saturated heterocycles. The number of benzene rings is 1. The Kier molecular flexibility index (Phi) is 4.32. The zero-order chi connectivity index (χ0) is 14.6. The second kappa shape index (κ2) is 5.98. The SMILES string of the molecule is CCCn1cc(OCc2ccc(C(F)(F)F)cc2)cn1. The zero-order valence-corrected chi connectivity index (χ0v) is 11.0. The maximum atomic E-state index is 12.4. The molecule has 0 amide bonds. The van der Waals surface area contributed by atoms with Crippen LogP contribution in [0.15, 0.2) is 36.7 Å². The summed E-state index contributed by atoms with van der Waals surface area (Å²) in [5.74, 6) is 0.610. The Morgan fingerprint density at radius 3 is 2.50 bits per heavy atom. The van der Waals surface area contributed by atoms with Gasteiger partial charge in [0.1, 0.15) is 6.61 Å². The normalized spacial score (nSPS) is 11.6. The molecular formula is C14H15F3N2O. The highest BCUT2D eigenvalue weighted by atomic mass is 19.4. The standard InChI is InChI=1S/C14H15F3N2O/c1-2-7-19-9-13(8-18-19)20-10-11-3-5-12(6-4-11)14(15,16)17/h3-6,8-9H,2,7,10H2,1H3. The minimum Gasteiger partial charge on any atom is -0.486 e. The lowest BCUT2D eigenvalue weighted by molar-refractivity contribution is -0.137. The van der Waals surface area contributed by atoms with E-state index in [0.717, 1.165) is 25.1 Å². The summed E-state index contributed by atoms with van der Waals surface area (Å²) in [7, 11) is 0. The molecule has 0 atom stereocenters. The van der Waals surface area contributed by atoms with Crippen molar-refractivity contribution in [3.05, 3.63) is 47.8 Å². The Bertz CT molecular complexity index is 546. The first kappa shape index (κ1) is 14.4. The summed E-state index contributed by atoms with van der Waals surface area (Å²) >= 11 is 0. The lowest BCUT2D eigenvalue weighted by Crippen LogP contribution is -2.05. The third kappa shape index (κ3) is 3.76. The van der Waals surface area contributed by atoms with Gasteiger partial charge in [-0.2, -0.15) is 18.3 Å². The van der Waals surface area contributed by atoms with Crippen LogP contribution in [-0.4, -0.2) is 9.78 Å². The van der Waals surface area contributed by atoms with Crippen LogP contribution < -0.4 is 4.74 Å². The van der Waals surface area contributed by atoms with Crippen molar-refractivity contribution < 1.29 is 17.9 Å². The van der Waals surface area contributed by atoms with Crippen LogP contribution in [0.3, 0.4) is 0 Å². The second-order valence-corrected chi connectivity index (χ2v) is 4.42. The molecule has 6 heteroatoms. The van der Waals surface area contributed by atoms with E-state index < -0.39 is 11.7 Å². The van der Waals surface area contributed by atoms with Gasteiger partial charge in [0.05, 0.1) is 18.0 Å². The number of halogens is 3. The van der Waals surface area contributed by atoms with E-state index in [2.05, 4.69) is 5.10 Å². The molecule has 0 radical (unpaired) electrons. The van der Waals surface area contributed by atoms with Crippen molar-refractivity contribution in [2.75, 3.05) is 0 Å². The summed E-state index contributed by atoms with van der Waals surface area (Å²) in [6.45, 7) is 3.07. The van der Waals surface area contributed by atoms with Gasteiger partial charge in [0.2, 0.25) is 0 Å². The van der Waals surface area contributed by atoms with Gasteiger partial charge >= 0.3 is 6.18 Å². The molecule has 3 nitrogen and oxygen atoms in total. The van der Waals surface area contributed by atoms with E-state index in [1.165, 1.54) is 12.1 Å². The van der Waals surface area contributed by atoms with Crippen molar-refractivity contribution >= 4 is 0 Å². The van der Waals surface area contributed by atoms with E-state index in [1.807, 2.05) is 6.92 Å². The maximum absolute atomic E-state index is 12.4. The molecule has 0 saturated carbocycles. The fourth-order valence-electron chi connectivity index (χ4n) is 1.73. The van der Waals surface area contributed by atoms with Crippen molar-refractivity contribution in [2.45, 2.75) is 32.7 Å². The van der Waals surface area contributed by atoms with Gasteiger partial charge in [0.25, 0.3) is 0 Å². The first-order chi connectivity index (χ1) is 9.49.